The molecule has 6 rings (SSSR count). The highest BCUT2D eigenvalue weighted by atomic mass is 32.1. The van der Waals surface area contributed by atoms with Crippen LogP contribution in [0.15, 0.2) is 77.2 Å². The Morgan fingerprint density at radius 1 is 0.643 bits per heavy atom. The summed E-state index contributed by atoms with van der Waals surface area (Å²) in [5.41, 5.74) is 6.81. The summed E-state index contributed by atoms with van der Waals surface area (Å²) < 4.78 is 9.00. The summed E-state index contributed by atoms with van der Waals surface area (Å²) in [4.78, 5) is 0. The monoisotopic (exact) mass is 378 g/mol. The van der Waals surface area contributed by atoms with E-state index in [1.807, 2.05) is 11.3 Å². The van der Waals surface area contributed by atoms with Crippen molar-refractivity contribution in [2.45, 2.75) is 13.8 Å². The van der Waals surface area contributed by atoms with Crippen LogP contribution in [0.3, 0.4) is 0 Å². The van der Waals surface area contributed by atoms with Gasteiger partial charge in [0.25, 0.3) is 0 Å². The Hall–Kier alpha value is -3.10. The highest BCUT2D eigenvalue weighted by molar-refractivity contribution is 7.25. The van der Waals surface area contributed by atoms with E-state index in [2.05, 4.69) is 86.6 Å². The lowest BCUT2D eigenvalue weighted by atomic mass is 9.98. The predicted octanol–water partition coefficient (Wildman–Crippen LogP) is 8.24. The van der Waals surface area contributed by atoms with Gasteiger partial charge in [0.2, 0.25) is 0 Å². The molecule has 0 aliphatic heterocycles. The Morgan fingerprint density at radius 2 is 1.46 bits per heavy atom. The third-order valence-electron chi connectivity index (χ3n) is 5.56. The van der Waals surface area contributed by atoms with Crippen LogP contribution in [0.5, 0.6) is 0 Å². The maximum atomic E-state index is 6.33. The van der Waals surface area contributed by atoms with E-state index in [0.717, 1.165) is 11.2 Å². The molecule has 0 saturated carbocycles. The van der Waals surface area contributed by atoms with E-state index in [9.17, 15) is 0 Å². The van der Waals surface area contributed by atoms with Crippen LogP contribution >= 0.6 is 11.3 Å². The van der Waals surface area contributed by atoms with E-state index < -0.39 is 0 Å². The van der Waals surface area contributed by atoms with Gasteiger partial charge >= 0.3 is 0 Å². The lowest BCUT2D eigenvalue weighted by molar-refractivity contribution is 0.670. The van der Waals surface area contributed by atoms with Gasteiger partial charge in [-0.2, -0.15) is 0 Å². The van der Waals surface area contributed by atoms with Crippen LogP contribution in [0, 0.1) is 13.8 Å². The molecule has 0 radical (unpaired) electrons. The topological polar surface area (TPSA) is 13.1 Å². The molecule has 0 saturated heterocycles. The van der Waals surface area contributed by atoms with Crippen LogP contribution in [0.4, 0.5) is 0 Å². The number of aryl methyl sites for hydroxylation is 2. The van der Waals surface area contributed by atoms with Crippen molar-refractivity contribution in [3.05, 3.63) is 83.9 Å². The van der Waals surface area contributed by atoms with E-state index in [4.69, 9.17) is 4.42 Å². The lowest BCUT2D eigenvalue weighted by Crippen LogP contribution is -1.82. The molecule has 0 aliphatic carbocycles. The van der Waals surface area contributed by atoms with Crippen molar-refractivity contribution in [1.29, 1.82) is 0 Å². The van der Waals surface area contributed by atoms with Gasteiger partial charge in [-0.3, -0.25) is 0 Å². The summed E-state index contributed by atoms with van der Waals surface area (Å²) in [6, 6.07) is 26.3. The standard InChI is InChI=1S/C26H18OS/c1-15-7-9-23-20(11-15)22-13-16(2)12-19(26(22)27-23)17-8-10-25-21(14-17)18-5-3-4-6-24(18)28-25/h3-14H,1-2H3. The number of rotatable bonds is 1. The van der Waals surface area contributed by atoms with Crippen LogP contribution in [0.2, 0.25) is 0 Å². The number of fused-ring (bicyclic) bond motifs is 6. The van der Waals surface area contributed by atoms with Gasteiger partial charge in [0.15, 0.2) is 0 Å². The summed E-state index contributed by atoms with van der Waals surface area (Å²) in [6.45, 7) is 4.29. The average molecular weight is 378 g/mol. The smallest absolute Gasteiger partial charge is 0.143 e. The van der Waals surface area contributed by atoms with Crippen LogP contribution < -0.4 is 0 Å². The zero-order valence-corrected chi connectivity index (χ0v) is 16.6. The predicted molar refractivity (Wildman–Crippen MR) is 122 cm³/mol. The number of hydrogen-bond donors (Lipinski definition) is 0. The molecule has 0 N–H and O–H groups in total. The first-order valence-corrected chi connectivity index (χ1v) is 10.3. The lowest BCUT2D eigenvalue weighted by Gasteiger charge is -2.06. The van der Waals surface area contributed by atoms with E-state index in [0.29, 0.717) is 0 Å². The quantitative estimate of drug-likeness (QED) is 0.281. The first-order chi connectivity index (χ1) is 13.7. The van der Waals surface area contributed by atoms with Gasteiger partial charge in [-0.1, -0.05) is 35.9 Å². The van der Waals surface area contributed by atoms with Gasteiger partial charge in [0.1, 0.15) is 11.2 Å². The molecule has 0 fully saturated rings. The van der Waals surface area contributed by atoms with Crippen LogP contribution in [0.1, 0.15) is 11.1 Å². The minimum absolute atomic E-state index is 0.953. The maximum Gasteiger partial charge on any atom is 0.143 e. The zero-order chi connectivity index (χ0) is 18.8. The molecule has 28 heavy (non-hydrogen) atoms. The Morgan fingerprint density at radius 3 is 2.39 bits per heavy atom. The van der Waals surface area contributed by atoms with Gasteiger partial charge < -0.3 is 4.42 Å². The second-order valence-corrected chi connectivity index (χ2v) is 8.68. The molecule has 0 unspecified atom stereocenters. The van der Waals surface area contributed by atoms with E-state index in [1.165, 1.54) is 53.2 Å². The van der Waals surface area contributed by atoms with E-state index >= 15 is 0 Å². The van der Waals surface area contributed by atoms with Crippen LogP contribution in [-0.2, 0) is 0 Å². The first kappa shape index (κ1) is 15.9. The minimum atomic E-state index is 0.953. The van der Waals surface area contributed by atoms with Crippen molar-refractivity contribution in [3.8, 4) is 11.1 Å². The minimum Gasteiger partial charge on any atom is -0.455 e. The summed E-state index contributed by atoms with van der Waals surface area (Å²) >= 11 is 1.85. The second kappa shape index (κ2) is 5.70. The molecule has 6 aromatic rings. The van der Waals surface area contributed by atoms with Crippen molar-refractivity contribution in [3.63, 3.8) is 0 Å². The summed E-state index contributed by atoms with van der Waals surface area (Å²) in [7, 11) is 0. The third kappa shape index (κ3) is 2.25. The normalized spacial score (nSPS) is 11.9. The summed E-state index contributed by atoms with van der Waals surface area (Å²) in [5, 5.41) is 5.04. The fraction of sp³-hybridized carbons (Fsp3) is 0.0769. The van der Waals surface area contributed by atoms with Crippen molar-refractivity contribution in [1.82, 2.24) is 0 Å². The fourth-order valence-corrected chi connectivity index (χ4v) is 5.33. The SMILES string of the molecule is Cc1ccc2oc3c(-c4ccc5sc6ccccc6c5c4)cc(C)cc3c2c1. The molecule has 4 aromatic carbocycles. The number of furan rings is 1. The molecule has 1 nitrogen and oxygen atoms in total. The van der Waals surface area contributed by atoms with Crippen molar-refractivity contribution in [2.75, 3.05) is 0 Å². The van der Waals surface area contributed by atoms with Crippen LogP contribution in [0.25, 0.3) is 53.2 Å². The molecular weight excluding hydrogens is 360 g/mol. The molecule has 134 valence electrons. The Labute approximate surface area is 166 Å². The average Bonchev–Trinajstić information content (AvgIpc) is 3.25. The maximum absolute atomic E-state index is 6.33. The van der Waals surface area contributed by atoms with E-state index in [1.54, 1.807) is 0 Å². The Bertz CT molecular complexity index is 1530. The van der Waals surface area contributed by atoms with Crippen molar-refractivity contribution < 1.29 is 4.42 Å². The highest BCUT2D eigenvalue weighted by Crippen LogP contribution is 2.40. The van der Waals surface area contributed by atoms with Gasteiger partial charge in [-0.15, -0.1) is 11.3 Å². The highest BCUT2D eigenvalue weighted by Gasteiger charge is 2.15. The molecule has 0 atom stereocenters. The molecule has 0 bridgehead atoms. The second-order valence-electron chi connectivity index (χ2n) is 7.60. The Balaban J connectivity index is 1.69. The van der Waals surface area contributed by atoms with Gasteiger partial charge in [-0.05, 0) is 67.4 Å². The Kier molecular flexibility index (Phi) is 3.24. The van der Waals surface area contributed by atoms with Crippen molar-refractivity contribution >= 4 is 53.4 Å². The molecule has 0 amide bonds. The zero-order valence-electron chi connectivity index (χ0n) is 15.7. The molecule has 2 heteroatoms. The summed E-state index contributed by atoms with van der Waals surface area (Å²) in [6.07, 6.45) is 0. The van der Waals surface area contributed by atoms with Gasteiger partial charge in [0, 0.05) is 36.5 Å². The van der Waals surface area contributed by atoms with E-state index in [-0.39, 0.29) is 0 Å². The third-order valence-corrected chi connectivity index (χ3v) is 6.71. The summed E-state index contributed by atoms with van der Waals surface area (Å²) in [5.74, 6) is 0. The largest absolute Gasteiger partial charge is 0.455 e. The van der Waals surface area contributed by atoms with Crippen molar-refractivity contribution in [2.24, 2.45) is 0 Å². The fourth-order valence-electron chi connectivity index (χ4n) is 4.24. The van der Waals surface area contributed by atoms with Gasteiger partial charge in [-0.25, -0.2) is 0 Å². The molecule has 0 spiro atoms. The van der Waals surface area contributed by atoms with Gasteiger partial charge in [0.05, 0.1) is 0 Å². The molecular formula is C26H18OS. The molecule has 0 aliphatic rings. The number of hydrogen-bond acceptors (Lipinski definition) is 2. The van der Waals surface area contributed by atoms with Crippen LogP contribution in [-0.4, -0.2) is 0 Å². The molecule has 2 aromatic heterocycles. The first-order valence-electron chi connectivity index (χ1n) is 9.52. The number of thiophene rings is 1. The number of benzene rings is 4. The molecule has 2 heterocycles.